The van der Waals surface area contributed by atoms with Crippen molar-refractivity contribution in [3.63, 3.8) is 0 Å². The van der Waals surface area contributed by atoms with Crippen molar-refractivity contribution < 1.29 is 23.1 Å². The fraction of sp³-hybridized carbons (Fsp3) is 0.429. The van der Waals surface area contributed by atoms with E-state index < -0.39 is 29.6 Å². The van der Waals surface area contributed by atoms with Crippen molar-refractivity contribution in [3.8, 4) is 0 Å². The van der Waals surface area contributed by atoms with Crippen molar-refractivity contribution in [3.05, 3.63) is 35.4 Å². The lowest BCUT2D eigenvalue weighted by molar-refractivity contribution is -0.144. The van der Waals surface area contributed by atoms with E-state index in [2.05, 4.69) is 10.1 Å². The van der Waals surface area contributed by atoms with E-state index in [1.54, 1.807) is 6.92 Å². The summed E-state index contributed by atoms with van der Waals surface area (Å²) in [5.74, 6) is -3.19. The Morgan fingerprint density at radius 2 is 1.80 bits per heavy atom. The minimum absolute atomic E-state index is 0.162. The van der Waals surface area contributed by atoms with Gasteiger partial charge in [-0.3, -0.25) is 4.79 Å². The molecular weight excluding hydrogens is 268 g/mol. The van der Waals surface area contributed by atoms with Crippen LogP contribution in [0.4, 0.5) is 8.78 Å². The Morgan fingerprint density at radius 3 is 2.25 bits per heavy atom. The highest BCUT2D eigenvalue weighted by molar-refractivity contribution is 5.96. The van der Waals surface area contributed by atoms with E-state index in [1.165, 1.54) is 7.11 Å². The van der Waals surface area contributed by atoms with Gasteiger partial charge in [0.1, 0.15) is 17.7 Å². The molecule has 0 aliphatic heterocycles. The highest BCUT2D eigenvalue weighted by Crippen LogP contribution is 2.12. The number of carbonyl (C=O) groups excluding carboxylic acids is 2. The molecule has 0 radical (unpaired) electrons. The summed E-state index contributed by atoms with van der Waals surface area (Å²) in [5.41, 5.74) is -0.181. The topological polar surface area (TPSA) is 55.4 Å². The summed E-state index contributed by atoms with van der Waals surface area (Å²) >= 11 is 0. The van der Waals surface area contributed by atoms with Crippen molar-refractivity contribution in [2.24, 2.45) is 5.92 Å². The zero-order chi connectivity index (χ0) is 15.3. The van der Waals surface area contributed by atoms with E-state index in [9.17, 15) is 18.4 Å². The average Bonchev–Trinajstić information content (AvgIpc) is 2.41. The standard InChI is InChI=1S/C14H17F2NO3/c1-4-8(2)12(14(19)20-3)17-13(18)9-5-10(15)7-11(16)6-9/h5-8,12H,4H2,1-3H3,(H,17,18)/t8-,12+/m0/s1. The Morgan fingerprint density at radius 1 is 1.25 bits per heavy atom. The highest BCUT2D eigenvalue weighted by atomic mass is 19.1. The van der Waals surface area contributed by atoms with Crippen LogP contribution in [-0.2, 0) is 9.53 Å². The van der Waals surface area contributed by atoms with Crippen molar-refractivity contribution in [2.45, 2.75) is 26.3 Å². The maximum Gasteiger partial charge on any atom is 0.328 e. The number of carbonyl (C=O) groups is 2. The molecule has 0 fully saturated rings. The molecule has 0 saturated heterocycles. The second-order valence-corrected chi connectivity index (χ2v) is 4.52. The van der Waals surface area contributed by atoms with Crippen LogP contribution in [0.5, 0.6) is 0 Å². The first kappa shape index (κ1) is 16.1. The second kappa shape index (κ2) is 6.98. The van der Waals surface area contributed by atoms with E-state index in [4.69, 9.17) is 0 Å². The van der Waals surface area contributed by atoms with Crippen molar-refractivity contribution in [1.29, 1.82) is 0 Å². The Kier molecular flexibility index (Phi) is 5.61. The zero-order valence-electron chi connectivity index (χ0n) is 11.6. The highest BCUT2D eigenvalue weighted by Gasteiger charge is 2.27. The van der Waals surface area contributed by atoms with Crippen LogP contribution < -0.4 is 5.32 Å². The quantitative estimate of drug-likeness (QED) is 0.844. The normalized spacial score (nSPS) is 13.4. The molecule has 0 spiro atoms. The van der Waals surface area contributed by atoms with E-state index in [0.717, 1.165) is 12.1 Å². The van der Waals surface area contributed by atoms with Gasteiger partial charge in [0.25, 0.3) is 5.91 Å². The molecular formula is C14H17F2NO3. The zero-order valence-corrected chi connectivity index (χ0v) is 11.6. The summed E-state index contributed by atoms with van der Waals surface area (Å²) in [6.45, 7) is 3.63. The molecule has 110 valence electrons. The molecule has 1 aromatic carbocycles. The maximum atomic E-state index is 13.1. The minimum Gasteiger partial charge on any atom is -0.467 e. The van der Waals surface area contributed by atoms with Crippen molar-refractivity contribution in [2.75, 3.05) is 7.11 Å². The summed E-state index contributed by atoms with van der Waals surface area (Å²) in [6, 6.07) is 1.62. The number of nitrogens with one attached hydrogen (secondary N) is 1. The molecule has 0 saturated carbocycles. The summed E-state index contributed by atoms with van der Waals surface area (Å²) in [6.07, 6.45) is 0.636. The number of ether oxygens (including phenoxy) is 1. The molecule has 1 aromatic rings. The lowest BCUT2D eigenvalue weighted by atomic mass is 9.99. The number of amides is 1. The van der Waals surface area contributed by atoms with E-state index in [1.807, 2.05) is 6.92 Å². The van der Waals surface area contributed by atoms with Gasteiger partial charge in [-0.15, -0.1) is 0 Å². The monoisotopic (exact) mass is 285 g/mol. The van der Waals surface area contributed by atoms with Crippen LogP contribution in [0.1, 0.15) is 30.6 Å². The Bertz CT molecular complexity index is 485. The minimum atomic E-state index is -0.858. The Hall–Kier alpha value is -1.98. The summed E-state index contributed by atoms with van der Waals surface area (Å²) in [5, 5.41) is 2.44. The average molecular weight is 285 g/mol. The number of esters is 1. The van der Waals surface area contributed by atoms with Crippen LogP contribution in [0.3, 0.4) is 0 Å². The van der Waals surface area contributed by atoms with Gasteiger partial charge in [0.15, 0.2) is 0 Å². The Labute approximate surface area is 116 Å². The van der Waals surface area contributed by atoms with Gasteiger partial charge in [0.2, 0.25) is 0 Å². The summed E-state index contributed by atoms with van der Waals surface area (Å²) in [4.78, 5) is 23.6. The SMILES string of the molecule is CC[C@H](C)[C@@H](NC(=O)c1cc(F)cc(F)c1)C(=O)OC. The first-order chi connectivity index (χ1) is 9.38. The lowest BCUT2D eigenvalue weighted by Gasteiger charge is -2.21. The molecule has 0 unspecified atom stereocenters. The molecule has 1 amide bonds. The van der Waals surface area contributed by atoms with Crippen LogP contribution in [-0.4, -0.2) is 25.0 Å². The van der Waals surface area contributed by atoms with E-state index in [-0.39, 0.29) is 11.5 Å². The number of halogens is 2. The van der Waals surface area contributed by atoms with E-state index >= 15 is 0 Å². The van der Waals surface area contributed by atoms with Gasteiger partial charge >= 0.3 is 5.97 Å². The predicted octanol–water partition coefficient (Wildman–Crippen LogP) is 2.28. The Balaban J connectivity index is 2.93. The molecule has 6 heteroatoms. The maximum absolute atomic E-state index is 13.1. The first-order valence-corrected chi connectivity index (χ1v) is 6.23. The van der Waals surface area contributed by atoms with Gasteiger partial charge in [0, 0.05) is 11.6 Å². The number of hydrogen-bond acceptors (Lipinski definition) is 3. The first-order valence-electron chi connectivity index (χ1n) is 6.23. The second-order valence-electron chi connectivity index (χ2n) is 4.52. The van der Waals surface area contributed by atoms with Crippen molar-refractivity contribution >= 4 is 11.9 Å². The summed E-state index contributed by atoms with van der Waals surface area (Å²) < 4.78 is 30.7. The molecule has 0 bridgehead atoms. The third-order valence-electron chi connectivity index (χ3n) is 3.08. The molecule has 4 nitrogen and oxygen atoms in total. The van der Waals surface area contributed by atoms with Crippen LogP contribution in [0.15, 0.2) is 18.2 Å². The molecule has 0 aliphatic rings. The number of rotatable bonds is 5. The lowest BCUT2D eigenvalue weighted by Crippen LogP contribution is -2.45. The van der Waals surface area contributed by atoms with Gasteiger partial charge < -0.3 is 10.1 Å². The molecule has 20 heavy (non-hydrogen) atoms. The third-order valence-corrected chi connectivity index (χ3v) is 3.08. The molecule has 0 aromatic heterocycles. The fourth-order valence-corrected chi connectivity index (χ4v) is 1.71. The number of benzene rings is 1. The van der Waals surface area contributed by atoms with E-state index in [0.29, 0.717) is 12.5 Å². The third kappa shape index (κ3) is 4.01. The molecule has 1 rings (SSSR count). The number of methoxy groups -OCH3 is 1. The van der Waals surface area contributed by atoms with Crippen LogP contribution >= 0.6 is 0 Å². The smallest absolute Gasteiger partial charge is 0.328 e. The molecule has 0 heterocycles. The number of hydrogen-bond donors (Lipinski definition) is 1. The van der Waals surface area contributed by atoms with Crippen LogP contribution in [0.2, 0.25) is 0 Å². The van der Waals surface area contributed by atoms with Crippen LogP contribution in [0.25, 0.3) is 0 Å². The molecule has 0 aliphatic carbocycles. The molecule has 1 N–H and O–H groups in total. The molecule has 2 atom stereocenters. The van der Waals surface area contributed by atoms with Gasteiger partial charge in [-0.1, -0.05) is 20.3 Å². The van der Waals surface area contributed by atoms with Crippen molar-refractivity contribution in [1.82, 2.24) is 5.32 Å². The largest absolute Gasteiger partial charge is 0.467 e. The van der Waals surface area contributed by atoms with Gasteiger partial charge in [-0.25, -0.2) is 13.6 Å². The fourth-order valence-electron chi connectivity index (χ4n) is 1.71. The predicted molar refractivity (Wildman–Crippen MR) is 69.1 cm³/mol. The van der Waals surface area contributed by atoms with Gasteiger partial charge in [-0.05, 0) is 18.1 Å². The van der Waals surface area contributed by atoms with Gasteiger partial charge in [-0.2, -0.15) is 0 Å². The summed E-state index contributed by atoms with van der Waals surface area (Å²) in [7, 11) is 1.21. The van der Waals surface area contributed by atoms with Gasteiger partial charge in [0.05, 0.1) is 7.11 Å². The van der Waals surface area contributed by atoms with Crippen LogP contribution in [0, 0.1) is 17.6 Å².